The molecular formula is C5H9NO2. The maximum absolute atomic E-state index is 10.4. The average molecular weight is 115 g/mol. The van der Waals surface area contributed by atoms with E-state index in [2.05, 4.69) is 0 Å². The number of hydrogen-bond donors (Lipinski definition) is 1. The molecule has 1 aliphatic rings. The normalized spacial score (nSPS) is 37.5. The van der Waals surface area contributed by atoms with Crippen LogP contribution < -0.4 is 5.73 Å². The van der Waals surface area contributed by atoms with Crippen molar-refractivity contribution in [2.75, 3.05) is 0 Å². The summed E-state index contributed by atoms with van der Waals surface area (Å²) >= 11 is 0. The van der Waals surface area contributed by atoms with Gasteiger partial charge in [-0.1, -0.05) is 0 Å². The Kier molecular flexibility index (Phi) is 1.21. The van der Waals surface area contributed by atoms with Crippen molar-refractivity contribution in [3.05, 3.63) is 0 Å². The quantitative estimate of drug-likeness (QED) is 0.439. The summed E-state index contributed by atoms with van der Waals surface area (Å²) in [6.07, 6.45) is 0.295. The summed E-state index contributed by atoms with van der Waals surface area (Å²) in [5, 5.41) is 0. The highest BCUT2D eigenvalue weighted by atomic mass is 16.5. The monoisotopic (exact) mass is 115 g/mol. The van der Waals surface area contributed by atoms with Crippen LogP contribution in [0.3, 0.4) is 0 Å². The first-order valence-corrected chi connectivity index (χ1v) is 2.65. The van der Waals surface area contributed by atoms with Gasteiger partial charge < -0.3 is 10.5 Å². The molecule has 0 saturated carbocycles. The number of carbonyl (C=O) groups excluding carboxylic acids is 1. The van der Waals surface area contributed by atoms with Gasteiger partial charge in [0.25, 0.3) is 0 Å². The number of rotatable bonds is 0. The summed E-state index contributed by atoms with van der Waals surface area (Å²) in [7, 11) is 0. The molecule has 8 heavy (non-hydrogen) atoms. The highest BCUT2D eigenvalue weighted by molar-refractivity contribution is 5.72. The Labute approximate surface area is 47.8 Å². The van der Waals surface area contributed by atoms with Gasteiger partial charge in [0.1, 0.15) is 6.10 Å². The second-order valence-corrected chi connectivity index (χ2v) is 2.06. The molecule has 3 nitrogen and oxygen atoms in total. The van der Waals surface area contributed by atoms with Gasteiger partial charge in [0.05, 0.1) is 12.5 Å². The zero-order valence-electron chi connectivity index (χ0n) is 4.76. The standard InChI is InChI=1S/C5H9NO2/c1-3-4(6)2-5(7)8-3/h3-4H,2,6H2,1H3/t3-,4+/m0/s1. The molecule has 2 atom stereocenters. The number of hydrogen-bond acceptors (Lipinski definition) is 3. The van der Waals surface area contributed by atoms with Crippen molar-refractivity contribution in [2.24, 2.45) is 5.73 Å². The smallest absolute Gasteiger partial charge is 0.307 e. The highest BCUT2D eigenvalue weighted by Crippen LogP contribution is 2.10. The lowest BCUT2D eigenvalue weighted by Crippen LogP contribution is -2.26. The number of nitrogens with two attached hydrogens (primary N) is 1. The molecule has 1 rings (SSSR count). The van der Waals surface area contributed by atoms with Crippen LogP contribution in [0.25, 0.3) is 0 Å². The largest absolute Gasteiger partial charge is 0.461 e. The molecule has 0 aliphatic carbocycles. The molecule has 0 spiro atoms. The average Bonchev–Trinajstić information content (AvgIpc) is 1.85. The van der Waals surface area contributed by atoms with E-state index in [1.54, 1.807) is 6.92 Å². The minimum Gasteiger partial charge on any atom is -0.461 e. The molecule has 0 aromatic carbocycles. The summed E-state index contributed by atoms with van der Waals surface area (Å²) in [6.45, 7) is 1.80. The van der Waals surface area contributed by atoms with Gasteiger partial charge in [-0.15, -0.1) is 0 Å². The van der Waals surface area contributed by atoms with E-state index in [0.717, 1.165) is 0 Å². The Morgan fingerprint density at radius 3 is 2.62 bits per heavy atom. The van der Waals surface area contributed by atoms with E-state index in [0.29, 0.717) is 6.42 Å². The van der Waals surface area contributed by atoms with Crippen LogP contribution in [0.1, 0.15) is 13.3 Å². The molecule has 0 aromatic heterocycles. The second kappa shape index (κ2) is 1.74. The molecule has 0 amide bonds. The fourth-order valence-corrected chi connectivity index (χ4v) is 0.701. The van der Waals surface area contributed by atoms with Crippen LogP contribution in [0, 0.1) is 0 Å². The summed E-state index contributed by atoms with van der Waals surface area (Å²) in [4.78, 5) is 10.4. The first-order chi connectivity index (χ1) is 3.70. The number of cyclic esters (lactones) is 1. The lowest BCUT2D eigenvalue weighted by Gasteiger charge is -2.03. The van der Waals surface area contributed by atoms with Gasteiger partial charge in [0, 0.05) is 0 Å². The molecule has 0 bridgehead atoms. The fraction of sp³-hybridized carbons (Fsp3) is 0.800. The molecule has 3 heteroatoms. The Morgan fingerprint density at radius 2 is 2.50 bits per heavy atom. The Hall–Kier alpha value is -0.570. The number of carbonyl (C=O) groups is 1. The second-order valence-electron chi connectivity index (χ2n) is 2.06. The van der Waals surface area contributed by atoms with Gasteiger partial charge in [0.15, 0.2) is 0 Å². The molecule has 0 radical (unpaired) electrons. The zero-order valence-corrected chi connectivity index (χ0v) is 4.76. The lowest BCUT2D eigenvalue weighted by molar-refractivity contribution is -0.140. The van der Waals surface area contributed by atoms with Crippen LogP contribution in [0.4, 0.5) is 0 Å². The van der Waals surface area contributed by atoms with Gasteiger partial charge in [-0.05, 0) is 6.92 Å². The molecule has 1 saturated heterocycles. The van der Waals surface area contributed by atoms with Gasteiger partial charge in [-0.3, -0.25) is 4.79 Å². The van der Waals surface area contributed by atoms with Crippen LogP contribution in [0.5, 0.6) is 0 Å². The topological polar surface area (TPSA) is 52.3 Å². The predicted molar refractivity (Wildman–Crippen MR) is 28.1 cm³/mol. The van der Waals surface area contributed by atoms with Crippen LogP contribution >= 0.6 is 0 Å². The lowest BCUT2D eigenvalue weighted by atomic mass is 10.2. The van der Waals surface area contributed by atoms with Crippen molar-refractivity contribution < 1.29 is 9.53 Å². The van der Waals surface area contributed by atoms with Gasteiger partial charge in [-0.2, -0.15) is 0 Å². The van der Waals surface area contributed by atoms with E-state index in [-0.39, 0.29) is 18.1 Å². The molecule has 1 aliphatic heterocycles. The first kappa shape index (κ1) is 5.56. The van der Waals surface area contributed by atoms with Crippen LogP contribution in [0.15, 0.2) is 0 Å². The van der Waals surface area contributed by atoms with Crippen LogP contribution in [0.2, 0.25) is 0 Å². The van der Waals surface area contributed by atoms with Gasteiger partial charge in [0.2, 0.25) is 0 Å². The fourth-order valence-electron chi connectivity index (χ4n) is 0.701. The third-order valence-corrected chi connectivity index (χ3v) is 1.32. The number of ether oxygens (including phenoxy) is 1. The van der Waals surface area contributed by atoms with Crippen LogP contribution in [-0.2, 0) is 9.53 Å². The Balaban J connectivity index is 2.51. The SMILES string of the molecule is C[C@@H]1OC(=O)C[C@H]1N. The summed E-state index contributed by atoms with van der Waals surface area (Å²) in [6, 6.07) is -0.0810. The minimum atomic E-state index is -0.176. The minimum absolute atomic E-state index is 0.0810. The van der Waals surface area contributed by atoms with Crippen molar-refractivity contribution in [1.82, 2.24) is 0 Å². The molecule has 46 valence electrons. The van der Waals surface area contributed by atoms with E-state index in [4.69, 9.17) is 10.5 Å². The van der Waals surface area contributed by atoms with E-state index in [1.165, 1.54) is 0 Å². The van der Waals surface area contributed by atoms with E-state index in [9.17, 15) is 4.79 Å². The van der Waals surface area contributed by atoms with Crippen LogP contribution in [-0.4, -0.2) is 18.1 Å². The van der Waals surface area contributed by atoms with E-state index in [1.807, 2.05) is 0 Å². The highest BCUT2D eigenvalue weighted by Gasteiger charge is 2.27. The van der Waals surface area contributed by atoms with Crippen molar-refractivity contribution >= 4 is 5.97 Å². The molecule has 1 fully saturated rings. The van der Waals surface area contributed by atoms with Crippen molar-refractivity contribution in [2.45, 2.75) is 25.5 Å². The summed E-state index contributed by atoms with van der Waals surface area (Å²) in [5.74, 6) is -0.176. The van der Waals surface area contributed by atoms with Gasteiger partial charge >= 0.3 is 5.97 Å². The molecule has 1 heterocycles. The molecule has 0 unspecified atom stereocenters. The predicted octanol–water partition coefficient (Wildman–Crippen LogP) is -0.351. The third-order valence-electron chi connectivity index (χ3n) is 1.32. The van der Waals surface area contributed by atoms with E-state index < -0.39 is 0 Å². The molecular weight excluding hydrogens is 106 g/mol. The first-order valence-electron chi connectivity index (χ1n) is 2.65. The zero-order chi connectivity index (χ0) is 6.15. The molecule has 0 aromatic rings. The Morgan fingerprint density at radius 1 is 1.88 bits per heavy atom. The van der Waals surface area contributed by atoms with E-state index >= 15 is 0 Å². The van der Waals surface area contributed by atoms with Crippen molar-refractivity contribution in [3.63, 3.8) is 0 Å². The van der Waals surface area contributed by atoms with Gasteiger partial charge in [-0.25, -0.2) is 0 Å². The summed E-state index contributed by atoms with van der Waals surface area (Å²) in [5.41, 5.74) is 5.42. The number of esters is 1. The Bertz CT molecular complexity index is 101. The van der Waals surface area contributed by atoms with Crippen molar-refractivity contribution in [1.29, 1.82) is 0 Å². The van der Waals surface area contributed by atoms with Crippen molar-refractivity contribution in [3.8, 4) is 0 Å². The third kappa shape index (κ3) is 0.816. The maximum atomic E-state index is 10.4. The molecule has 2 N–H and O–H groups in total. The summed E-state index contributed by atoms with van der Waals surface area (Å²) < 4.78 is 4.71. The maximum Gasteiger partial charge on any atom is 0.307 e.